The molecule has 0 unspecified atom stereocenters. The summed E-state index contributed by atoms with van der Waals surface area (Å²) in [7, 11) is 0. The Morgan fingerprint density at radius 3 is 2.27 bits per heavy atom. The molecule has 2 heterocycles. The average molecular weight is 458 g/mol. The van der Waals surface area contributed by atoms with Crippen LogP contribution in [0, 0.1) is 11.8 Å². The molecular weight excluding hydrogens is 429 g/mol. The minimum atomic E-state index is -0.546. The Morgan fingerprint density at radius 2 is 1.70 bits per heavy atom. The number of aromatic hydroxyl groups is 1. The van der Waals surface area contributed by atoms with Gasteiger partial charge < -0.3 is 25.4 Å². The van der Waals surface area contributed by atoms with E-state index in [4.69, 9.17) is 33.7 Å². The number of carbonyl (C=O) groups is 2. The van der Waals surface area contributed by atoms with Gasteiger partial charge in [0.2, 0.25) is 5.91 Å². The molecule has 2 fully saturated rings. The van der Waals surface area contributed by atoms with Crippen molar-refractivity contribution in [1.82, 2.24) is 9.80 Å². The molecule has 166 valence electrons. The Morgan fingerprint density at radius 1 is 1.13 bits per heavy atom. The van der Waals surface area contributed by atoms with Crippen molar-refractivity contribution in [3.8, 4) is 5.75 Å². The predicted octanol–water partition coefficient (Wildman–Crippen LogP) is 3.80. The number of hydrogen-bond acceptors (Lipinski definition) is 5. The Bertz CT molecular complexity index is 813. The number of carbonyl (C=O) groups excluding carboxylic acids is 2. The Labute approximate surface area is 187 Å². The molecule has 0 bridgehead atoms. The van der Waals surface area contributed by atoms with E-state index in [1.807, 2.05) is 25.7 Å². The van der Waals surface area contributed by atoms with Gasteiger partial charge in [-0.15, -0.1) is 0 Å². The lowest BCUT2D eigenvalue weighted by atomic mass is 9.85. The van der Waals surface area contributed by atoms with Crippen LogP contribution in [-0.2, 0) is 9.53 Å². The molecule has 9 heteroatoms. The van der Waals surface area contributed by atoms with Crippen LogP contribution in [-0.4, -0.2) is 58.7 Å². The van der Waals surface area contributed by atoms with Crippen molar-refractivity contribution in [2.45, 2.75) is 45.3 Å². The van der Waals surface area contributed by atoms with Gasteiger partial charge in [-0.3, -0.25) is 4.79 Å². The monoisotopic (exact) mass is 457 g/mol. The van der Waals surface area contributed by atoms with Crippen molar-refractivity contribution in [3.63, 3.8) is 0 Å². The zero-order chi connectivity index (χ0) is 22.2. The molecule has 2 amide bonds. The predicted molar refractivity (Wildman–Crippen MR) is 116 cm³/mol. The SMILES string of the molecule is CC(C)(C)OC(=O)N1CC(C(=O)N2CCC([C@@H](N)c3cc(Cl)c(Cl)cc3O)CC2)C1. The first-order valence-electron chi connectivity index (χ1n) is 10.2. The zero-order valence-corrected chi connectivity index (χ0v) is 19.0. The summed E-state index contributed by atoms with van der Waals surface area (Å²) >= 11 is 12.0. The van der Waals surface area contributed by atoms with Crippen LogP contribution in [0.3, 0.4) is 0 Å². The van der Waals surface area contributed by atoms with Crippen molar-refractivity contribution in [2.24, 2.45) is 17.6 Å². The van der Waals surface area contributed by atoms with Crippen LogP contribution >= 0.6 is 23.2 Å². The highest BCUT2D eigenvalue weighted by molar-refractivity contribution is 6.42. The highest BCUT2D eigenvalue weighted by Gasteiger charge is 2.40. The number of benzene rings is 1. The second-order valence-corrected chi connectivity index (χ2v) is 9.91. The molecule has 2 saturated heterocycles. The third-order valence-electron chi connectivity index (χ3n) is 5.67. The second-order valence-electron chi connectivity index (χ2n) is 9.10. The van der Waals surface area contributed by atoms with E-state index in [9.17, 15) is 14.7 Å². The molecule has 1 aromatic carbocycles. The van der Waals surface area contributed by atoms with Gasteiger partial charge in [0.05, 0.1) is 16.0 Å². The van der Waals surface area contributed by atoms with E-state index in [0.717, 1.165) is 12.8 Å². The van der Waals surface area contributed by atoms with Gasteiger partial charge in [0, 0.05) is 43.9 Å². The third-order valence-corrected chi connectivity index (χ3v) is 6.39. The fourth-order valence-electron chi connectivity index (χ4n) is 3.92. The summed E-state index contributed by atoms with van der Waals surface area (Å²) in [4.78, 5) is 28.2. The van der Waals surface area contributed by atoms with Crippen LogP contribution in [0.15, 0.2) is 12.1 Å². The number of nitrogens with zero attached hydrogens (tertiary/aromatic N) is 2. The number of hydrogen-bond donors (Lipinski definition) is 2. The van der Waals surface area contributed by atoms with E-state index in [1.54, 1.807) is 11.0 Å². The number of phenols is 1. The second kappa shape index (κ2) is 8.81. The largest absolute Gasteiger partial charge is 0.508 e. The molecule has 0 spiro atoms. The lowest BCUT2D eigenvalue weighted by Gasteiger charge is -2.42. The zero-order valence-electron chi connectivity index (χ0n) is 17.5. The third kappa shape index (κ3) is 5.13. The Kier molecular flexibility index (Phi) is 6.75. The first-order valence-corrected chi connectivity index (χ1v) is 10.9. The van der Waals surface area contributed by atoms with E-state index in [-0.39, 0.29) is 40.7 Å². The molecule has 3 rings (SSSR count). The van der Waals surface area contributed by atoms with Gasteiger partial charge in [-0.05, 0) is 45.6 Å². The summed E-state index contributed by atoms with van der Waals surface area (Å²) in [6, 6.07) is 2.63. The molecule has 1 atom stereocenters. The smallest absolute Gasteiger partial charge is 0.410 e. The van der Waals surface area contributed by atoms with E-state index in [2.05, 4.69) is 0 Å². The molecule has 0 aliphatic carbocycles. The number of nitrogens with two attached hydrogens (primary N) is 1. The summed E-state index contributed by atoms with van der Waals surface area (Å²) in [5.74, 6) is 0.0463. The molecule has 0 saturated carbocycles. The number of rotatable bonds is 3. The molecule has 30 heavy (non-hydrogen) atoms. The fraction of sp³-hybridized carbons (Fsp3) is 0.619. The maximum Gasteiger partial charge on any atom is 0.410 e. The van der Waals surface area contributed by atoms with Gasteiger partial charge >= 0.3 is 6.09 Å². The van der Waals surface area contributed by atoms with Crippen molar-refractivity contribution in [3.05, 3.63) is 27.7 Å². The molecule has 7 nitrogen and oxygen atoms in total. The van der Waals surface area contributed by atoms with Crippen molar-refractivity contribution in [1.29, 1.82) is 0 Å². The van der Waals surface area contributed by atoms with Crippen molar-refractivity contribution < 1.29 is 19.4 Å². The lowest BCUT2D eigenvalue weighted by Crippen LogP contribution is -2.58. The molecule has 0 radical (unpaired) electrons. The van der Waals surface area contributed by atoms with Crippen LogP contribution in [0.25, 0.3) is 0 Å². The normalized spacial score (nSPS) is 19.4. The highest BCUT2D eigenvalue weighted by atomic mass is 35.5. The number of halogens is 2. The van der Waals surface area contributed by atoms with Crippen LogP contribution in [0.2, 0.25) is 10.0 Å². The number of phenolic OH excluding ortho intramolecular Hbond substituents is 1. The Hall–Kier alpha value is -1.70. The number of amides is 2. The number of likely N-dealkylation sites (tertiary alicyclic amines) is 2. The van der Waals surface area contributed by atoms with Gasteiger partial charge in [0.15, 0.2) is 0 Å². The summed E-state index contributed by atoms with van der Waals surface area (Å²) < 4.78 is 5.33. The Balaban J connectivity index is 1.50. The van der Waals surface area contributed by atoms with E-state index in [1.165, 1.54) is 6.07 Å². The van der Waals surface area contributed by atoms with Crippen LogP contribution in [0.1, 0.15) is 45.2 Å². The molecule has 1 aromatic rings. The van der Waals surface area contributed by atoms with E-state index < -0.39 is 5.60 Å². The first kappa shape index (κ1) is 23.0. The summed E-state index contributed by atoms with van der Waals surface area (Å²) in [5, 5.41) is 10.8. The summed E-state index contributed by atoms with van der Waals surface area (Å²) in [6.07, 6.45) is 1.09. The molecule has 3 N–H and O–H groups in total. The first-order chi connectivity index (χ1) is 14.0. The minimum Gasteiger partial charge on any atom is -0.508 e. The standard InChI is InChI=1S/C21H29Cl2N3O4/c1-21(2,3)30-20(29)26-10-13(11-26)19(28)25-6-4-12(5-7-25)18(24)14-8-15(22)16(23)9-17(14)27/h8-9,12-13,18,27H,4-7,10-11,24H2,1-3H3/t18-/m1/s1. The maximum atomic E-state index is 12.8. The van der Waals surface area contributed by atoms with Gasteiger partial charge in [-0.25, -0.2) is 4.79 Å². The molecule has 2 aliphatic heterocycles. The molecular formula is C21H29Cl2N3O4. The van der Waals surface area contributed by atoms with E-state index >= 15 is 0 Å². The lowest BCUT2D eigenvalue weighted by molar-refractivity contribution is -0.142. The molecule has 0 aromatic heterocycles. The number of piperidine rings is 1. The molecule has 2 aliphatic rings. The highest BCUT2D eigenvalue weighted by Crippen LogP contribution is 2.38. The quantitative estimate of drug-likeness (QED) is 0.719. The summed E-state index contributed by atoms with van der Waals surface area (Å²) in [5.41, 5.74) is 6.41. The van der Waals surface area contributed by atoms with Gasteiger partial charge in [-0.2, -0.15) is 0 Å². The summed E-state index contributed by atoms with van der Waals surface area (Å²) in [6.45, 7) is 7.44. The van der Waals surface area contributed by atoms with Crippen LogP contribution < -0.4 is 5.73 Å². The van der Waals surface area contributed by atoms with Gasteiger partial charge in [-0.1, -0.05) is 23.2 Å². The van der Waals surface area contributed by atoms with Crippen molar-refractivity contribution in [2.75, 3.05) is 26.2 Å². The fourth-order valence-corrected chi connectivity index (χ4v) is 4.25. The van der Waals surface area contributed by atoms with E-state index in [0.29, 0.717) is 36.8 Å². The van der Waals surface area contributed by atoms with Gasteiger partial charge in [0.25, 0.3) is 0 Å². The topological polar surface area (TPSA) is 96.1 Å². The number of ether oxygens (including phenoxy) is 1. The van der Waals surface area contributed by atoms with Gasteiger partial charge in [0.1, 0.15) is 11.4 Å². The van der Waals surface area contributed by atoms with Crippen molar-refractivity contribution >= 4 is 35.2 Å². The maximum absolute atomic E-state index is 12.8. The minimum absolute atomic E-state index is 0.0344. The average Bonchev–Trinajstić information content (AvgIpc) is 2.61. The van der Waals surface area contributed by atoms with Crippen LogP contribution in [0.4, 0.5) is 4.79 Å². The van der Waals surface area contributed by atoms with Crippen LogP contribution in [0.5, 0.6) is 5.75 Å².